The molecule has 1 aromatic carbocycles. The Balaban J connectivity index is 1.78. The Hall–Kier alpha value is -3.00. The molecular formula is C18H18N4O3S. The molecule has 1 N–H and O–H groups in total. The summed E-state index contributed by atoms with van der Waals surface area (Å²) in [6.45, 7) is 2.23. The number of aromatic nitrogens is 3. The summed E-state index contributed by atoms with van der Waals surface area (Å²) >= 11 is 0. The van der Waals surface area contributed by atoms with Gasteiger partial charge in [0.25, 0.3) is 15.9 Å². The van der Waals surface area contributed by atoms with E-state index in [9.17, 15) is 8.42 Å². The van der Waals surface area contributed by atoms with Crippen molar-refractivity contribution in [2.75, 3.05) is 4.72 Å². The minimum absolute atomic E-state index is 0.0427. The third-order valence-corrected chi connectivity index (χ3v) is 5.02. The molecule has 134 valence electrons. The van der Waals surface area contributed by atoms with E-state index >= 15 is 0 Å². The van der Waals surface area contributed by atoms with Crippen LogP contribution < -0.4 is 9.46 Å². The highest BCUT2D eigenvalue weighted by Gasteiger charge is 2.18. The minimum Gasteiger partial charge on any atom is -0.470 e. The summed E-state index contributed by atoms with van der Waals surface area (Å²) < 4.78 is 33.2. The molecule has 3 aromatic rings. The molecule has 0 atom stereocenters. The zero-order valence-electron chi connectivity index (χ0n) is 14.2. The first-order chi connectivity index (χ1) is 12.6. The lowest BCUT2D eigenvalue weighted by atomic mass is 10.2. The molecule has 0 saturated heterocycles. The summed E-state index contributed by atoms with van der Waals surface area (Å²) in [5.41, 5.74) is 1.94. The maximum Gasteiger partial charge on any atom is 0.263 e. The third kappa shape index (κ3) is 4.34. The van der Waals surface area contributed by atoms with Gasteiger partial charge in [-0.25, -0.2) is 18.4 Å². The number of aryl methyl sites for hydroxylation is 1. The van der Waals surface area contributed by atoms with Crippen molar-refractivity contribution in [2.24, 2.45) is 0 Å². The van der Waals surface area contributed by atoms with Gasteiger partial charge in [-0.3, -0.25) is 9.71 Å². The Morgan fingerprint density at radius 1 is 0.923 bits per heavy atom. The largest absolute Gasteiger partial charge is 0.470 e. The fraction of sp³-hybridized carbons (Fsp3) is 0.167. The SMILES string of the molecule is CCc1ccc(S(=O)(=O)Nc2nccnc2OCc2ccncc2)cc1. The molecule has 2 aromatic heterocycles. The summed E-state index contributed by atoms with van der Waals surface area (Å²) in [5.74, 6) is 0.152. The molecule has 0 aliphatic rings. The third-order valence-electron chi connectivity index (χ3n) is 3.66. The maximum absolute atomic E-state index is 12.6. The number of hydrogen-bond acceptors (Lipinski definition) is 6. The lowest BCUT2D eigenvalue weighted by Crippen LogP contribution is -2.15. The van der Waals surface area contributed by atoms with Gasteiger partial charge < -0.3 is 4.74 Å². The predicted molar refractivity (Wildman–Crippen MR) is 97.2 cm³/mol. The first kappa shape index (κ1) is 17.8. The number of pyridine rings is 1. The minimum atomic E-state index is -3.79. The fourth-order valence-electron chi connectivity index (χ4n) is 2.22. The molecule has 0 aliphatic heterocycles. The Morgan fingerprint density at radius 2 is 1.62 bits per heavy atom. The number of anilines is 1. The highest BCUT2D eigenvalue weighted by Crippen LogP contribution is 2.23. The Kier molecular flexibility index (Phi) is 5.43. The second-order valence-electron chi connectivity index (χ2n) is 5.46. The molecule has 0 aliphatic carbocycles. The molecule has 0 unspecified atom stereocenters. The smallest absolute Gasteiger partial charge is 0.263 e. The van der Waals surface area contributed by atoms with Gasteiger partial charge in [0.1, 0.15) is 6.61 Å². The zero-order valence-corrected chi connectivity index (χ0v) is 15.0. The first-order valence-electron chi connectivity index (χ1n) is 8.03. The summed E-state index contributed by atoms with van der Waals surface area (Å²) in [7, 11) is -3.79. The second-order valence-corrected chi connectivity index (χ2v) is 7.14. The topological polar surface area (TPSA) is 94.1 Å². The normalized spacial score (nSPS) is 11.1. The molecule has 3 rings (SSSR count). The van der Waals surface area contributed by atoms with Crippen LogP contribution in [0.25, 0.3) is 0 Å². The number of nitrogens with one attached hydrogen (secondary N) is 1. The van der Waals surface area contributed by atoms with Crippen LogP contribution in [0.1, 0.15) is 18.1 Å². The number of ether oxygens (including phenoxy) is 1. The average Bonchev–Trinajstić information content (AvgIpc) is 2.68. The van der Waals surface area contributed by atoms with Crippen LogP contribution >= 0.6 is 0 Å². The van der Waals surface area contributed by atoms with Gasteiger partial charge in [0.15, 0.2) is 0 Å². The summed E-state index contributed by atoms with van der Waals surface area (Å²) in [6.07, 6.45) is 6.98. The van der Waals surface area contributed by atoms with Crippen molar-refractivity contribution in [3.05, 3.63) is 72.3 Å². The average molecular weight is 370 g/mol. The van der Waals surface area contributed by atoms with Crippen molar-refractivity contribution in [3.8, 4) is 5.88 Å². The summed E-state index contributed by atoms with van der Waals surface area (Å²) in [5, 5.41) is 0. The van der Waals surface area contributed by atoms with E-state index < -0.39 is 10.0 Å². The van der Waals surface area contributed by atoms with Crippen molar-refractivity contribution in [1.29, 1.82) is 0 Å². The summed E-state index contributed by atoms with van der Waals surface area (Å²) in [6, 6.07) is 10.3. The van der Waals surface area contributed by atoms with Crippen LogP contribution in [-0.4, -0.2) is 23.4 Å². The standard InChI is InChI=1S/C18H18N4O3S/c1-2-14-3-5-16(6-4-14)26(23,24)22-17-18(21-12-11-20-17)25-13-15-7-9-19-10-8-15/h3-12H,2,13H2,1H3,(H,20,22). The van der Waals surface area contributed by atoms with E-state index in [0.29, 0.717) is 0 Å². The van der Waals surface area contributed by atoms with Crippen molar-refractivity contribution < 1.29 is 13.2 Å². The van der Waals surface area contributed by atoms with Crippen molar-refractivity contribution in [1.82, 2.24) is 15.0 Å². The quantitative estimate of drug-likeness (QED) is 0.687. The molecule has 0 radical (unpaired) electrons. The van der Waals surface area contributed by atoms with E-state index in [4.69, 9.17) is 4.74 Å². The van der Waals surface area contributed by atoms with Gasteiger partial charge in [0.2, 0.25) is 5.82 Å². The molecule has 7 nitrogen and oxygen atoms in total. The molecule has 0 fully saturated rings. The molecule has 0 bridgehead atoms. The van der Waals surface area contributed by atoms with Gasteiger partial charge in [-0.1, -0.05) is 19.1 Å². The molecule has 0 spiro atoms. The van der Waals surface area contributed by atoms with Crippen LogP contribution in [0.2, 0.25) is 0 Å². The van der Waals surface area contributed by atoms with Crippen LogP contribution in [0.3, 0.4) is 0 Å². The highest BCUT2D eigenvalue weighted by atomic mass is 32.2. The molecule has 2 heterocycles. The van der Waals surface area contributed by atoms with Gasteiger partial charge in [-0.2, -0.15) is 0 Å². The number of hydrogen-bond donors (Lipinski definition) is 1. The monoisotopic (exact) mass is 370 g/mol. The fourth-order valence-corrected chi connectivity index (χ4v) is 3.23. The first-order valence-corrected chi connectivity index (χ1v) is 9.51. The van der Waals surface area contributed by atoms with E-state index in [2.05, 4.69) is 19.7 Å². The second kappa shape index (κ2) is 7.92. The van der Waals surface area contributed by atoms with Crippen LogP contribution in [0.15, 0.2) is 66.1 Å². The van der Waals surface area contributed by atoms with E-state index in [1.807, 2.05) is 6.92 Å². The highest BCUT2D eigenvalue weighted by molar-refractivity contribution is 7.92. The molecule has 0 amide bonds. The zero-order chi connectivity index (χ0) is 18.4. The van der Waals surface area contributed by atoms with Crippen LogP contribution in [0.4, 0.5) is 5.82 Å². The Labute approximate surface area is 152 Å². The van der Waals surface area contributed by atoms with Crippen LogP contribution in [0, 0.1) is 0 Å². The number of benzene rings is 1. The van der Waals surface area contributed by atoms with E-state index in [1.54, 1.807) is 48.8 Å². The van der Waals surface area contributed by atoms with Crippen molar-refractivity contribution in [3.63, 3.8) is 0 Å². The summed E-state index contributed by atoms with van der Waals surface area (Å²) in [4.78, 5) is 12.2. The predicted octanol–water partition coefficient (Wildman–Crippen LogP) is 2.81. The number of rotatable bonds is 7. The van der Waals surface area contributed by atoms with E-state index in [0.717, 1.165) is 17.5 Å². The Morgan fingerprint density at radius 3 is 2.31 bits per heavy atom. The maximum atomic E-state index is 12.6. The van der Waals surface area contributed by atoms with E-state index in [1.165, 1.54) is 12.4 Å². The molecule has 8 heteroatoms. The van der Waals surface area contributed by atoms with Crippen molar-refractivity contribution >= 4 is 15.8 Å². The van der Waals surface area contributed by atoms with E-state index in [-0.39, 0.29) is 23.2 Å². The van der Waals surface area contributed by atoms with Gasteiger partial charge >= 0.3 is 0 Å². The Bertz CT molecular complexity index is 961. The molecule has 26 heavy (non-hydrogen) atoms. The number of nitrogens with zero attached hydrogens (tertiary/aromatic N) is 3. The molecule has 0 saturated carbocycles. The lowest BCUT2D eigenvalue weighted by Gasteiger charge is -2.12. The van der Waals surface area contributed by atoms with Crippen LogP contribution in [0.5, 0.6) is 5.88 Å². The van der Waals surface area contributed by atoms with Crippen LogP contribution in [-0.2, 0) is 23.1 Å². The van der Waals surface area contributed by atoms with Gasteiger partial charge in [-0.15, -0.1) is 0 Å². The number of sulfonamides is 1. The van der Waals surface area contributed by atoms with Gasteiger partial charge in [-0.05, 0) is 41.8 Å². The van der Waals surface area contributed by atoms with Crippen molar-refractivity contribution in [2.45, 2.75) is 24.8 Å². The van der Waals surface area contributed by atoms with Gasteiger partial charge in [0, 0.05) is 24.8 Å². The lowest BCUT2D eigenvalue weighted by molar-refractivity contribution is 0.294. The molecular weight excluding hydrogens is 352 g/mol. The van der Waals surface area contributed by atoms with Gasteiger partial charge in [0.05, 0.1) is 4.90 Å².